The van der Waals surface area contributed by atoms with Gasteiger partial charge in [-0.15, -0.1) is 16.4 Å². The lowest BCUT2D eigenvalue weighted by atomic mass is 10.1. The Hall–Kier alpha value is -3.26. The van der Waals surface area contributed by atoms with E-state index in [1.807, 2.05) is 63.5 Å². The van der Waals surface area contributed by atoms with Crippen molar-refractivity contribution in [1.29, 1.82) is 0 Å². The summed E-state index contributed by atoms with van der Waals surface area (Å²) in [7, 11) is 1.81. The largest absolute Gasteiger partial charge is 0.466 e. The molecule has 0 spiro atoms. The molecule has 0 aliphatic rings. The van der Waals surface area contributed by atoms with Crippen LogP contribution in [-0.4, -0.2) is 32.3 Å². The van der Waals surface area contributed by atoms with Gasteiger partial charge in [0.05, 0.1) is 11.1 Å². The van der Waals surface area contributed by atoms with Gasteiger partial charge >= 0.3 is 0 Å². The highest BCUT2D eigenvalue weighted by Gasteiger charge is 2.16. The summed E-state index contributed by atoms with van der Waals surface area (Å²) in [5, 5.41) is 10.4. The molecule has 0 atom stereocenters. The number of aryl methyl sites for hydroxylation is 4. The first kappa shape index (κ1) is 19.1. The minimum Gasteiger partial charge on any atom is -0.466 e. The van der Waals surface area contributed by atoms with E-state index < -0.39 is 0 Å². The molecule has 0 fully saturated rings. The van der Waals surface area contributed by atoms with Gasteiger partial charge in [-0.3, -0.25) is 10.1 Å². The maximum Gasteiger partial charge on any atom is 0.264 e. The van der Waals surface area contributed by atoms with E-state index in [1.165, 1.54) is 11.3 Å². The molecule has 0 aliphatic heterocycles. The molecule has 148 valence electrons. The second-order valence-corrected chi connectivity index (χ2v) is 7.76. The smallest absolute Gasteiger partial charge is 0.264 e. The number of benzene rings is 1. The number of rotatable bonds is 5. The Bertz CT molecular complexity index is 1210. The quantitative estimate of drug-likeness (QED) is 0.540. The molecule has 0 saturated heterocycles. The minimum atomic E-state index is -0.285. The molecule has 8 heteroatoms. The number of nitrogens with zero attached hydrogens (tertiary/aromatic N) is 4. The summed E-state index contributed by atoms with van der Waals surface area (Å²) in [6, 6.07) is 9.99. The number of hydrogen-bond donors (Lipinski definition) is 1. The summed E-state index contributed by atoms with van der Waals surface area (Å²) in [6.45, 7) is 5.80. The topological polar surface area (TPSA) is 81.9 Å². The molecule has 1 aromatic carbocycles. The first-order valence-electron chi connectivity index (χ1n) is 9.17. The molecule has 0 radical (unpaired) electrons. The fraction of sp³-hybridized carbons (Fsp3) is 0.238. The lowest BCUT2D eigenvalue weighted by Gasteiger charge is -2.05. The van der Waals surface area contributed by atoms with Crippen LogP contribution in [0.25, 0.3) is 22.3 Å². The van der Waals surface area contributed by atoms with Crippen molar-refractivity contribution >= 4 is 33.4 Å². The fourth-order valence-corrected chi connectivity index (χ4v) is 3.98. The van der Waals surface area contributed by atoms with Crippen LogP contribution in [0.3, 0.4) is 0 Å². The molecule has 0 aliphatic carbocycles. The van der Waals surface area contributed by atoms with Crippen LogP contribution >= 0.6 is 11.3 Å². The Morgan fingerprint density at radius 2 is 1.97 bits per heavy atom. The van der Waals surface area contributed by atoms with E-state index in [-0.39, 0.29) is 12.5 Å². The van der Waals surface area contributed by atoms with Crippen LogP contribution in [0.1, 0.15) is 16.8 Å². The van der Waals surface area contributed by atoms with Gasteiger partial charge in [0.1, 0.15) is 0 Å². The third-order valence-corrected chi connectivity index (χ3v) is 5.36. The normalized spacial score (nSPS) is 11.0. The number of anilines is 1. The first-order chi connectivity index (χ1) is 13.9. The van der Waals surface area contributed by atoms with Crippen LogP contribution in [0, 0.1) is 20.8 Å². The average molecular weight is 407 g/mol. The van der Waals surface area contributed by atoms with Gasteiger partial charge in [-0.1, -0.05) is 24.3 Å². The predicted molar refractivity (Wildman–Crippen MR) is 114 cm³/mol. The number of ether oxygens (including phenoxy) is 1. The second kappa shape index (κ2) is 7.63. The van der Waals surface area contributed by atoms with E-state index in [4.69, 9.17) is 4.74 Å². The SMILES string of the molecule is Cc1cc(C)c2c(OCC(=O)Nc3nc(-c4ccccc4C)cs3)nn(C)c2n1. The Kier molecular flexibility index (Phi) is 5.02. The van der Waals surface area contributed by atoms with E-state index in [0.29, 0.717) is 11.0 Å². The molecular weight excluding hydrogens is 386 g/mol. The van der Waals surface area contributed by atoms with Crippen molar-refractivity contribution in [2.24, 2.45) is 7.05 Å². The number of pyridine rings is 1. The van der Waals surface area contributed by atoms with Gasteiger partial charge in [-0.2, -0.15) is 0 Å². The van der Waals surface area contributed by atoms with Crippen LogP contribution < -0.4 is 10.1 Å². The molecule has 0 unspecified atom stereocenters. The van der Waals surface area contributed by atoms with Gasteiger partial charge in [0, 0.05) is 23.7 Å². The molecule has 1 N–H and O–H groups in total. The van der Waals surface area contributed by atoms with Gasteiger partial charge in [-0.25, -0.2) is 14.6 Å². The van der Waals surface area contributed by atoms with Crippen LogP contribution in [0.4, 0.5) is 5.13 Å². The highest BCUT2D eigenvalue weighted by molar-refractivity contribution is 7.14. The summed E-state index contributed by atoms with van der Waals surface area (Å²) < 4.78 is 7.36. The van der Waals surface area contributed by atoms with Gasteiger partial charge in [0.15, 0.2) is 17.4 Å². The van der Waals surface area contributed by atoms with Crippen molar-refractivity contribution < 1.29 is 9.53 Å². The molecule has 29 heavy (non-hydrogen) atoms. The maximum absolute atomic E-state index is 12.4. The average Bonchev–Trinajstić information content (AvgIpc) is 3.25. The number of fused-ring (bicyclic) bond motifs is 1. The molecule has 3 aromatic heterocycles. The molecule has 0 saturated carbocycles. The molecule has 4 aromatic rings. The van der Waals surface area contributed by atoms with Crippen molar-refractivity contribution in [3.63, 3.8) is 0 Å². The van der Waals surface area contributed by atoms with E-state index in [0.717, 1.165) is 39.1 Å². The second-order valence-electron chi connectivity index (χ2n) is 6.90. The lowest BCUT2D eigenvalue weighted by molar-refractivity contribution is -0.118. The number of nitrogens with one attached hydrogen (secondary N) is 1. The molecule has 1 amide bonds. The molecular formula is C21H21N5O2S. The third-order valence-electron chi connectivity index (χ3n) is 4.60. The molecule has 4 rings (SSSR count). The van der Waals surface area contributed by atoms with Crippen LogP contribution in [0.15, 0.2) is 35.7 Å². The first-order valence-corrected chi connectivity index (χ1v) is 10.1. The summed E-state index contributed by atoms with van der Waals surface area (Å²) in [4.78, 5) is 21.4. The number of amides is 1. The van der Waals surface area contributed by atoms with E-state index in [9.17, 15) is 4.79 Å². The Balaban J connectivity index is 1.45. The summed E-state index contributed by atoms with van der Waals surface area (Å²) in [5.74, 6) is 0.120. The van der Waals surface area contributed by atoms with Crippen molar-refractivity contribution in [2.75, 3.05) is 11.9 Å². The Morgan fingerprint density at radius 1 is 1.17 bits per heavy atom. The maximum atomic E-state index is 12.4. The van der Waals surface area contributed by atoms with Crippen molar-refractivity contribution in [3.05, 3.63) is 52.5 Å². The molecule has 0 bridgehead atoms. The van der Waals surface area contributed by atoms with E-state index >= 15 is 0 Å². The Morgan fingerprint density at radius 3 is 2.76 bits per heavy atom. The number of carbonyl (C=O) groups excluding carboxylic acids is 1. The van der Waals surface area contributed by atoms with Crippen molar-refractivity contribution in [1.82, 2.24) is 19.7 Å². The third kappa shape index (κ3) is 3.84. The number of aromatic nitrogens is 4. The standard InChI is InChI=1S/C21H21N5O2S/c1-12-7-5-6-8-15(12)16-11-29-21(23-16)24-17(27)10-28-20-18-13(2)9-14(3)22-19(18)26(4)25-20/h5-9,11H,10H2,1-4H3,(H,23,24,27). The van der Waals surface area contributed by atoms with Gasteiger partial charge < -0.3 is 4.74 Å². The van der Waals surface area contributed by atoms with Gasteiger partial charge in [0.25, 0.3) is 5.91 Å². The predicted octanol–water partition coefficient (Wildman–Crippen LogP) is 4.03. The zero-order valence-corrected chi connectivity index (χ0v) is 17.5. The van der Waals surface area contributed by atoms with Crippen LogP contribution in [-0.2, 0) is 11.8 Å². The number of carbonyl (C=O) groups is 1. The fourth-order valence-electron chi connectivity index (χ4n) is 3.25. The number of thiazole rings is 1. The van der Waals surface area contributed by atoms with Crippen molar-refractivity contribution in [2.45, 2.75) is 20.8 Å². The zero-order chi connectivity index (χ0) is 20.5. The lowest BCUT2D eigenvalue weighted by Crippen LogP contribution is -2.20. The minimum absolute atomic E-state index is 0.154. The van der Waals surface area contributed by atoms with E-state index in [2.05, 4.69) is 20.4 Å². The Labute approximate surface area is 172 Å². The van der Waals surface area contributed by atoms with E-state index in [1.54, 1.807) is 4.68 Å². The van der Waals surface area contributed by atoms with Crippen molar-refractivity contribution in [3.8, 4) is 17.1 Å². The molecule has 7 nitrogen and oxygen atoms in total. The summed E-state index contributed by atoms with van der Waals surface area (Å²) in [6.07, 6.45) is 0. The van der Waals surface area contributed by atoms with Gasteiger partial charge in [-0.05, 0) is 38.0 Å². The highest BCUT2D eigenvalue weighted by atomic mass is 32.1. The monoisotopic (exact) mass is 407 g/mol. The molecule has 3 heterocycles. The summed E-state index contributed by atoms with van der Waals surface area (Å²) >= 11 is 1.39. The number of hydrogen-bond acceptors (Lipinski definition) is 6. The van der Waals surface area contributed by atoms with Gasteiger partial charge in [0.2, 0.25) is 5.88 Å². The van der Waals surface area contributed by atoms with Crippen LogP contribution in [0.2, 0.25) is 0 Å². The summed E-state index contributed by atoms with van der Waals surface area (Å²) in [5.41, 5.74) is 5.70. The zero-order valence-electron chi connectivity index (χ0n) is 16.7. The highest BCUT2D eigenvalue weighted by Crippen LogP contribution is 2.28. The van der Waals surface area contributed by atoms with Crippen LogP contribution in [0.5, 0.6) is 5.88 Å².